The molecule has 1 aromatic rings. The van der Waals surface area contributed by atoms with E-state index in [1.807, 2.05) is 0 Å². The summed E-state index contributed by atoms with van der Waals surface area (Å²) in [7, 11) is 0. The lowest BCUT2D eigenvalue weighted by Crippen LogP contribution is -2.25. The van der Waals surface area contributed by atoms with Crippen LogP contribution in [0.5, 0.6) is 0 Å². The third-order valence-electron chi connectivity index (χ3n) is 2.13. The summed E-state index contributed by atoms with van der Waals surface area (Å²) in [6.07, 6.45) is 1.58. The Bertz CT molecular complexity index is 371. The van der Waals surface area contributed by atoms with Gasteiger partial charge in [0.05, 0.1) is 6.26 Å². The quantitative estimate of drug-likeness (QED) is 0.394. The molecule has 1 atom stereocenters. The van der Waals surface area contributed by atoms with Crippen LogP contribution in [0.15, 0.2) is 28.0 Å². The molecule has 1 fully saturated rings. The molecule has 0 aliphatic carbocycles. The molecule has 1 aliphatic heterocycles. The summed E-state index contributed by atoms with van der Waals surface area (Å²) < 4.78 is 5.04. The zero-order valence-corrected chi connectivity index (χ0v) is 7.12. The van der Waals surface area contributed by atoms with Crippen LogP contribution >= 0.6 is 0 Å². The van der Waals surface area contributed by atoms with Crippen molar-refractivity contribution in [3.8, 4) is 0 Å². The number of carbonyl (C=O) groups is 1. The third-order valence-corrected chi connectivity index (χ3v) is 2.13. The molecular weight excluding hydrogens is 188 g/mol. The molecule has 74 valence electrons. The maximum Gasteiger partial charge on any atom is 0.295 e. The number of oxime groups is 1. The first-order valence-electron chi connectivity index (χ1n) is 4.01. The summed E-state index contributed by atoms with van der Waals surface area (Å²) in [5.41, 5.74) is -0.0751. The molecule has 1 amide bonds. The smallest absolute Gasteiger partial charge is 0.295 e. The summed E-state index contributed by atoms with van der Waals surface area (Å²) >= 11 is 0. The first-order chi connectivity index (χ1) is 6.74. The summed E-state index contributed by atoms with van der Waals surface area (Å²) in [6, 6.07) is 2.70. The monoisotopic (exact) mass is 196 g/mol. The Kier molecular flexibility index (Phi) is 1.97. The van der Waals surface area contributed by atoms with Crippen molar-refractivity contribution in [3.63, 3.8) is 0 Å². The molecule has 0 radical (unpaired) electrons. The van der Waals surface area contributed by atoms with Gasteiger partial charge < -0.3 is 9.62 Å². The fourth-order valence-corrected chi connectivity index (χ4v) is 1.42. The van der Waals surface area contributed by atoms with Gasteiger partial charge in [0.1, 0.15) is 17.5 Å². The minimum Gasteiger partial charge on any atom is -0.467 e. The van der Waals surface area contributed by atoms with Gasteiger partial charge in [-0.05, 0) is 12.1 Å². The third kappa shape index (κ3) is 1.16. The highest BCUT2D eigenvalue weighted by atomic mass is 16.5. The van der Waals surface area contributed by atoms with Gasteiger partial charge in [0.2, 0.25) is 0 Å². The molecule has 0 spiro atoms. The predicted molar refractivity (Wildman–Crippen MR) is 43.9 cm³/mol. The Morgan fingerprint density at radius 3 is 2.93 bits per heavy atom. The molecule has 14 heavy (non-hydrogen) atoms. The van der Waals surface area contributed by atoms with Crippen molar-refractivity contribution < 1.29 is 19.6 Å². The number of hydroxylamine groups is 2. The molecule has 1 aliphatic rings. The molecule has 2 N–H and O–H groups in total. The number of furan rings is 1. The van der Waals surface area contributed by atoms with E-state index in [4.69, 9.17) is 9.62 Å². The molecule has 6 nitrogen and oxygen atoms in total. The van der Waals surface area contributed by atoms with Crippen LogP contribution in [0.4, 0.5) is 0 Å². The van der Waals surface area contributed by atoms with Gasteiger partial charge >= 0.3 is 0 Å². The Hall–Kier alpha value is -1.82. The first-order valence-corrected chi connectivity index (χ1v) is 4.01. The van der Waals surface area contributed by atoms with Crippen molar-refractivity contribution in [2.45, 2.75) is 12.5 Å². The summed E-state index contributed by atoms with van der Waals surface area (Å²) in [5.74, 6) is -0.242. The second kappa shape index (κ2) is 3.15. The van der Waals surface area contributed by atoms with Crippen molar-refractivity contribution in [1.29, 1.82) is 0 Å². The Balaban J connectivity index is 2.29. The lowest BCUT2D eigenvalue weighted by molar-refractivity contribution is -0.163. The first kappa shape index (κ1) is 8.76. The van der Waals surface area contributed by atoms with Crippen LogP contribution in [0.25, 0.3) is 0 Å². The second-order valence-electron chi connectivity index (χ2n) is 2.93. The molecule has 2 rings (SSSR count). The van der Waals surface area contributed by atoms with Gasteiger partial charge in [0, 0.05) is 6.42 Å². The molecule has 0 aromatic carbocycles. The SMILES string of the molecule is O=C1C(=NO)CC(c2ccco2)N1O. The van der Waals surface area contributed by atoms with Crippen molar-refractivity contribution in [3.05, 3.63) is 24.2 Å². The molecule has 2 heterocycles. The predicted octanol–water partition coefficient (Wildman–Crippen LogP) is 0.772. The van der Waals surface area contributed by atoms with E-state index in [1.165, 1.54) is 6.26 Å². The van der Waals surface area contributed by atoms with Gasteiger partial charge in [-0.2, -0.15) is 0 Å². The van der Waals surface area contributed by atoms with Gasteiger partial charge in [-0.3, -0.25) is 10.0 Å². The van der Waals surface area contributed by atoms with Crippen LogP contribution in [0.1, 0.15) is 18.2 Å². The van der Waals surface area contributed by atoms with Gasteiger partial charge in [0.25, 0.3) is 5.91 Å². The average Bonchev–Trinajstić information content (AvgIpc) is 2.78. The lowest BCUT2D eigenvalue weighted by Gasteiger charge is -2.13. The van der Waals surface area contributed by atoms with Gasteiger partial charge in [0.15, 0.2) is 0 Å². The van der Waals surface area contributed by atoms with E-state index in [2.05, 4.69) is 5.16 Å². The van der Waals surface area contributed by atoms with Crippen LogP contribution in [0.2, 0.25) is 0 Å². The second-order valence-corrected chi connectivity index (χ2v) is 2.93. The van der Waals surface area contributed by atoms with Gasteiger partial charge in [-0.25, -0.2) is 5.06 Å². The highest BCUT2D eigenvalue weighted by molar-refractivity contribution is 6.40. The lowest BCUT2D eigenvalue weighted by atomic mass is 10.1. The van der Waals surface area contributed by atoms with E-state index < -0.39 is 11.9 Å². The summed E-state index contributed by atoms with van der Waals surface area (Å²) in [4.78, 5) is 11.2. The zero-order chi connectivity index (χ0) is 10.1. The van der Waals surface area contributed by atoms with Crippen molar-refractivity contribution in [2.75, 3.05) is 0 Å². The van der Waals surface area contributed by atoms with E-state index in [0.29, 0.717) is 10.8 Å². The standard InChI is InChI=1S/C8H8N2O4/c11-8-5(9-12)4-6(10(8)13)7-2-1-3-14-7/h1-3,6,12-13H,4H2. The average molecular weight is 196 g/mol. The van der Waals surface area contributed by atoms with Crippen molar-refractivity contribution in [2.24, 2.45) is 5.16 Å². The molecule has 0 bridgehead atoms. The van der Waals surface area contributed by atoms with Crippen molar-refractivity contribution in [1.82, 2.24) is 5.06 Å². The molecule has 0 saturated carbocycles. The van der Waals surface area contributed by atoms with E-state index >= 15 is 0 Å². The molecule has 6 heteroatoms. The van der Waals surface area contributed by atoms with Crippen molar-refractivity contribution >= 4 is 11.6 Å². The maximum absolute atomic E-state index is 11.2. The van der Waals surface area contributed by atoms with Crippen LogP contribution < -0.4 is 0 Å². The summed E-state index contributed by atoms with van der Waals surface area (Å²) in [5, 5.41) is 21.1. The van der Waals surface area contributed by atoms with Gasteiger partial charge in [-0.15, -0.1) is 0 Å². The fraction of sp³-hybridized carbons (Fsp3) is 0.250. The topological polar surface area (TPSA) is 86.3 Å². The Morgan fingerprint density at radius 1 is 1.64 bits per heavy atom. The number of hydrogen-bond donors (Lipinski definition) is 2. The number of carbonyl (C=O) groups excluding carboxylic acids is 1. The fourth-order valence-electron chi connectivity index (χ4n) is 1.42. The van der Waals surface area contributed by atoms with E-state index in [-0.39, 0.29) is 12.1 Å². The maximum atomic E-state index is 11.2. The molecule has 1 saturated heterocycles. The zero-order valence-electron chi connectivity index (χ0n) is 7.12. The number of amides is 1. The molecular formula is C8H8N2O4. The largest absolute Gasteiger partial charge is 0.467 e. The number of hydrogen-bond acceptors (Lipinski definition) is 5. The van der Waals surface area contributed by atoms with Gasteiger partial charge in [-0.1, -0.05) is 5.16 Å². The van der Waals surface area contributed by atoms with E-state index in [9.17, 15) is 10.0 Å². The van der Waals surface area contributed by atoms with Crippen LogP contribution in [0, 0.1) is 0 Å². The van der Waals surface area contributed by atoms with E-state index in [0.717, 1.165) is 0 Å². The normalized spacial score (nSPS) is 24.9. The van der Waals surface area contributed by atoms with Crippen LogP contribution in [0.3, 0.4) is 0 Å². The van der Waals surface area contributed by atoms with E-state index in [1.54, 1.807) is 12.1 Å². The molecule has 1 aromatic heterocycles. The Labute approximate surface area is 79.0 Å². The molecule has 1 unspecified atom stereocenters. The number of nitrogens with zero attached hydrogens (tertiary/aromatic N) is 2. The summed E-state index contributed by atoms with van der Waals surface area (Å²) in [6.45, 7) is 0. The Morgan fingerprint density at radius 2 is 2.43 bits per heavy atom. The van der Waals surface area contributed by atoms with Crippen LogP contribution in [-0.2, 0) is 4.79 Å². The van der Waals surface area contributed by atoms with Crippen LogP contribution in [-0.4, -0.2) is 27.1 Å². The number of rotatable bonds is 1. The minimum atomic E-state index is -0.700. The highest BCUT2D eigenvalue weighted by Gasteiger charge is 2.39. The highest BCUT2D eigenvalue weighted by Crippen LogP contribution is 2.29. The minimum absolute atomic E-state index is 0.0751.